The third-order valence-electron chi connectivity index (χ3n) is 3.00. The number of halogens is 1. The fourth-order valence-electron chi connectivity index (χ4n) is 2.22. The molecule has 0 atom stereocenters. The summed E-state index contributed by atoms with van der Waals surface area (Å²) in [5.74, 6) is 1.13. The minimum atomic E-state index is -0.513. The number of carbonyl (C=O) groups excluding carboxylic acids is 1. The van der Waals surface area contributed by atoms with Crippen LogP contribution in [0.4, 0.5) is 4.79 Å². The lowest BCUT2D eigenvalue weighted by molar-refractivity contribution is 0.0209. The van der Waals surface area contributed by atoms with E-state index in [-0.39, 0.29) is 12.2 Å². The summed E-state index contributed by atoms with van der Waals surface area (Å²) >= 11 is 3.54. The number of rotatable bonds is 6. The molecule has 0 saturated carbocycles. The molecule has 0 fully saturated rings. The molecule has 0 heterocycles. The molecule has 1 amide bonds. The third kappa shape index (κ3) is 7.12. The monoisotopic (exact) mass is 399 g/mol. The number of ether oxygens (including phenoxy) is 2. The van der Waals surface area contributed by atoms with E-state index in [0.29, 0.717) is 19.0 Å². The molecule has 1 aromatic rings. The van der Waals surface area contributed by atoms with E-state index in [1.54, 1.807) is 4.90 Å². The van der Waals surface area contributed by atoms with Crippen molar-refractivity contribution in [1.29, 1.82) is 0 Å². The number of nitrogens with zero attached hydrogens (tertiary/aromatic N) is 1. The molecular formula is C19H30BrNO3. The largest absolute Gasteiger partial charge is 0.489 e. The Hall–Kier alpha value is -1.23. The van der Waals surface area contributed by atoms with Gasteiger partial charge in [0.1, 0.15) is 11.4 Å². The number of hydrogen-bond donors (Lipinski definition) is 0. The average molecular weight is 400 g/mol. The summed E-state index contributed by atoms with van der Waals surface area (Å²) in [7, 11) is 0. The summed E-state index contributed by atoms with van der Waals surface area (Å²) in [5, 5.41) is 0. The van der Waals surface area contributed by atoms with Gasteiger partial charge in [-0.25, -0.2) is 4.79 Å². The highest BCUT2D eigenvalue weighted by molar-refractivity contribution is 9.10. The predicted octanol–water partition coefficient (Wildman–Crippen LogP) is 5.63. The molecule has 5 heteroatoms. The van der Waals surface area contributed by atoms with Crippen LogP contribution in [-0.2, 0) is 11.3 Å². The van der Waals surface area contributed by atoms with Crippen LogP contribution in [0.3, 0.4) is 0 Å². The first-order valence-corrected chi connectivity index (χ1v) is 9.21. The van der Waals surface area contributed by atoms with E-state index in [4.69, 9.17) is 9.47 Å². The van der Waals surface area contributed by atoms with Gasteiger partial charge >= 0.3 is 6.09 Å². The van der Waals surface area contributed by atoms with Crippen LogP contribution in [0.15, 0.2) is 22.7 Å². The second-order valence-electron chi connectivity index (χ2n) is 7.65. The second kappa shape index (κ2) is 8.75. The highest BCUT2D eigenvalue weighted by Crippen LogP contribution is 2.31. The first-order chi connectivity index (χ1) is 11.0. The van der Waals surface area contributed by atoms with E-state index in [0.717, 1.165) is 15.8 Å². The van der Waals surface area contributed by atoms with Crippen molar-refractivity contribution in [2.24, 2.45) is 5.92 Å². The van der Waals surface area contributed by atoms with Gasteiger partial charge in [-0.15, -0.1) is 0 Å². The van der Waals surface area contributed by atoms with E-state index >= 15 is 0 Å². The van der Waals surface area contributed by atoms with Crippen LogP contribution in [0.1, 0.15) is 54.0 Å². The topological polar surface area (TPSA) is 38.8 Å². The van der Waals surface area contributed by atoms with Gasteiger partial charge in [-0.2, -0.15) is 0 Å². The lowest BCUT2D eigenvalue weighted by Gasteiger charge is -2.29. The van der Waals surface area contributed by atoms with Crippen molar-refractivity contribution in [2.75, 3.05) is 6.54 Å². The molecule has 4 nitrogen and oxygen atoms in total. The van der Waals surface area contributed by atoms with Gasteiger partial charge in [0.2, 0.25) is 0 Å². The SMILES string of the molecule is CC(C)CN(Cc1cccc(Br)c1OC(C)C)C(=O)OC(C)(C)C. The van der Waals surface area contributed by atoms with Gasteiger partial charge in [0.15, 0.2) is 0 Å². The van der Waals surface area contributed by atoms with E-state index in [9.17, 15) is 4.79 Å². The van der Waals surface area contributed by atoms with E-state index in [1.165, 1.54) is 0 Å². The number of hydrogen-bond acceptors (Lipinski definition) is 3. The van der Waals surface area contributed by atoms with E-state index < -0.39 is 5.60 Å². The van der Waals surface area contributed by atoms with E-state index in [1.807, 2.05) is 52.8 Å². The molecule has 0 N–H and O–H groups in total. The third-order valence-corrected chi connectivity index (χ3v) is 3.62. The van der Waals surface area contributed by atoms with Crippen LogP contribution in [0.2, 0.25) is 0 Å². The predicted molar refractivity (Wildman–Crippen MR) is 101 cm³/mol. The van der Waals surface area contributed by atoms with Gasteiger partial charge in [-0.1, -0.05) is 26.0 Å². The molecule has 1 rings (SSSR count). The minimum Gasteiger partial charge on any atom is -0.489 e. The molecule has 0 spiro atoms. The molecular weight excluding hydrogens is 370 g/mol. The van der Waals surface area contributed by atoms with Gasteiger partial charge in [-0.05, 0) is 62.5 Å². The number of carbonyl (C=O) groups is 1. The van der Waals surface area contributed by atoms with Crippen LogP contribution < -0.4 is 4.74 Å². The number of benzene rings is 1. The number of para-hydroxylation sites is 1. The maximum atomic E-state index is 12.6. The zero-order valence-electron chi connectivity index (χ0n) is 15.9. The Labute approximate surface area is 154 Å². The Morgan fingerprint density at radius 1 is 1.21 bits per heavy atom. The van der Waals surface area contributed by atoms with Gasteiger partial charge in [0.25, 0.3) is 0 Å². The van der Waals surface area contributed by atoms with Gasteiger partial charge < -0.3 is 14.4 Å². The lowest BCUT2D eigenvalue weighted by atomic mass is 10.1. The maximum absolute atomic E-state index is 12.6. The van der Waals surface area contributed by atoms with Crippen molar-refractivity contribution in [3.05, 3.63) is 28.2 Å². The van der Waals surface area contributed by atoms with Crippen LogP contribution in [0, 0.1) is 5.92 Å². The fourth-order valence-corrected chi connectivity index (χ4v) is 2.72. The van der Waals surface area contributed by atoms with Crippen LogP contribution in [0.5, 0.6) is 5.75 Å². The molecule has 1 aromatic carbocycles. The molecule has 136 valence electrons. The van der Waals surface area contributed by atoms with Crippen LogP contribution in [-0.4, -0.2) is 29.2 Å². The molecule has 0 aromatic heterocycles. The van der Waals surface area contributed by atoms with Gasteiger partial charge in [0.05, 0.1) is 17.1 Å². The highest BCUT2D eigenvalue weighted by atomic mass is 79.9. The molecule has 0 aliphatic heterocycles. The van der Waals surface area contributed by atoms with Crippen LogP contribution >= 0.6 is 15.9 Å². The zero-order chi connectivity index (χ0) is 18.5. The molecule has 24 heavy (non-hydrogen) atoms. The Morgan fingerprint density at radius 2 is 1.83 bits per heavy atom. The molecule has 0 unspecified atom stereocenters. The van der Waals surface area contributed by atoms with Crippen molar-refractivity contribution in [3.8, 4) is 5.75 Å². The Balaban J connectivity index is 3.06. The van der Waals surface area contributed by atoms with Crippen molar-refractivity contribution in [2.45, 2.75) is 66.7 Å². The second-order valence-corrected chi connectivity index (χ2v) is 8.50. The smallest absolute Gasteiger partial charge is 0.410 e. The zero-order valence-corrected chi connectivity index (χ0v) is 17.4. The molecule has 0 aliphatic carbocycles. The number of amides is 1. The molecule has 0 radical (unpaired) electrons. The van der Waals surface area contributed by atoms with Gasteiger partial charge in [-0.3, -0.25) is 0 Å². The molecule has 0 aliphatic rings. The van der Waals surface area contributed by atoms with Crippen molar-refractivity contribution in [3.63, 3.8) is 0 Å². The minimum absolute atomic E-state index is 0.0579. The average Bonchev–Trinajstić information content (AvgIpc) is 2.39. The summed E-state index contributed by atoms with van der Waals surface area (Å²) in [6.07, 6.45) is -0.241. The van der Waals surface area contributed by atoms with Crippen molar-refractivity contribution < 1.29 is 14.3 Å². The standard InChI is InChI=1S/C19H30BrNO3/c1-13(2)11-21(18(22)24-19(5,6)7)12-15-9-8-10-16(20)17(15)23-14(3)4/h8-10,13-14H,11-12H2,1-7H3. The van der Waals surface area contributed by atoms with Crippen LogP contribution in [0.25, 0.3) is 0 Å². The fraction of sp³-hybridized carbons (Fsp3) is 0.632. The molecule has 0 bridgehead atoms. The Kier molecular flexibility index (Phi) is 7.58. The highest BCUT2D eigenvalue weighted by Gasteiger charge is 2.24. The Morgan fingerprint density at radius 3 is 2.33 bits per heavy atom. The van der Waals surface area contributed by atoms with E-state index in [2.05, 4.69) is 29.8 Å². The summed E-state index contributed by atoms with van der Waals surface area (Å²) in [6.45, 7) is 14.9. The van der Waals surface area contributed by atoms with Crippen molar-refractivity contribution in [1.82, 2.24) is 4.90 Å². The Bertz CT molecular complexity index is 550. The quantitative estimate of drug-likeness (QED) is 0.621. The molecule has 0 saturated heterocycles. The van der Waals surface area contributed by atoms with Crippen molar-refractivity contribution >= 4 is 22.0 Å². The first kappa shape index (κ1) is 20.8. The lowest BCUT2D eigenvalue weighted by Crippen LogP contribution is -2.38. The maximum Gasteiger partial charge on any atom is 0.410 e. The summed E-state index contributed by atoms with van der Waals surface area (Å²) in [4.78, 5) is 14.3. The first-order valence-electron chi connectivity index (χ1n) is 8.41. The summed E-state index contributed by atoms with van der Waals surface area (Å²) in [6, 6.07) is 5.89. The summed E-state index contributed by atoms with van der Waals surface area (Å²) < 4.78 is 12.4. The van der Waals surface area contributed by atoms with Gasteiger partial charge in [0, 0.05) is 12.1 Å². The normalized spacial score (nSPS) is 11.8. The summed E-state index contributed by atoms with van der Waals surface area (Å²) in [5.41, 5.74) is 0.450.